The highest BCUT2D eigenvalue weighted by Crippen LogP contribution is 2.12. The van der Waals surface area contributed by atoms with Crippen LogP contribution in [0.2, 0.25) is 0 Å². The van der Waals surface area contributed by atoms with E-state index in [9.17, 15) is 9.59 Å². The van der Waals surface area contributed by atoms with Gasteiger partial charge in [-0.25, -0.2) is 9.59 Å². The first kappa shape index (κ1) is 10.9. The molecule has 0 unspecified atom stereocenters. The Balaban J connectivity index is 2.78. The molecular formula is C10H9NO4. The van der Waals surface area contributed by atoms with Gasteiger partial charge in [-0.3, -0.25) is 0 Å². The molecule has 1 aromatic rings. The van der Waals surface area contributed by atoms with Gasteiger partial charge in [-0.15, -0.1) is 0 Å². The van der Waals surface area contributed by atoms with E-state index >= 15 is 0 Å². The maximum Gasteiger partial charge on any atom is 0.329 e. The van der Waals surface area contributed by atoms with Gasteiger partial charge in [0, 0.05) is 6.42 Å². The fraction of sp³-hybridized carbons (Fsp3) is 0.200. The highest BCUT2D eigenvalue weighted by molar-refractivity contribution is 5.75. The molecule has 0 aromatic heterocycles. The second kappa shape index (κ2) is 4.93. The smallest absolute Gasteiger partial charge is 0.329 e. The number of aliphatic carboxylic acids is 1. The van der Waals surface area contributed by atoms with E-state index in [-0.39, 0.29) is 12.2 Å². The fourth-order valence-electron chi connectivity index (χ4n) is 1.11. The summed E-state index contributed by atoms with van der Waals surface area (Å²) < 4.78 is 0. The Morgan fingerprint density at radius 1 is 1.40 bits per heavy atom. The van der Waals surface area contributed by atoms with Crippen LogP contribution in [0, 0.1) is 0 Å². The molecule has 0 saturated heterocycles. The van der Waals surface area contributed by atoms with Crippen molar-refractivity contribution in [2.24, 2.45) is 4.99 Å². The Morgan fingerprint density at radius 2 is 2.00 bits per heavy atom. The third kappa shape index (κ3) is 3.25. The summed E-state index contributed by atoms with van der Waals surface area (Å²) in [6, 6.07) is 4.92. The molecule has 0 saturated carbocycles. The molecule has 0 heterocycles. The van der Waals surface area contributed by atoms with Crippen LogP contribution < -0.4 is 0 Å². The standard InChI is InChI=1S/C10H9NO4/c12-6-11-9(10(14)15)5-7-1-3-8(13)4-2-7/h1-4,9,13H,5H2,(H,14,15)/t9-/m0/s1. The zero-order valence-corrected chi connectivity index (χ0v) is 7.75. The average Bonchev–Trinajstić information content (AvgIpc) is 2.20. The van der Waals surface area contributed by atoms with Gasteiger partial charge in [-0.05, 0) is 17.7 Å². The lowest BCUT2D eigenvalue weighted by molar-refractivity contribution is -0.138. The summed E-state index contributed by atoms with van der Waals surface area (Å²) in [5, 5.41) is 17.7. The van der Waals surface area contributed by atoms with Crippen LogP contribution in [0.15, 0.2) is 29.3 Å². The van der Waals surface area contributed by atoms with Gasteiger partial charge in [0.2, 0.25) is 6.08 Å². The minimum Gasteiger partial charge on any atom is -0.508 e. The number of isocyanates is 1. The molecule has 0 fully saturated rings. The van der Waals surface area contributed by atoms with Gasteiger partial charge in [0.05, 0.1) is 0 Å². The molecular weight excluding hydrogens is 198 g/mol. The molecule has 0 aliphatic heterocycles. The number of aromatic hydroxyl groups is 1. The summed E-state index contributed by atoms with van der Waals surface area (Å²) in [4.78, 5) is 23.8. The van der Waals surface area contributed by atoms with Crippen LogP contribution >= 0.6 is 0 Å². The summed E-state index contributed by atoms with van der Waals surface area (Å²) in [6.45, 7) is 0. The summed E-state index contributed by atoms with van der Waals surface area (Å²) in [6.07, 6.45) is 1.33. The number of aliphatic imine (C=N–C) groups is 1. The molecule has 1 rings (SSSR count). The van der Waals surface area contributed by atoms with E-state index in [1.54, 1.807) is 12.1 Å². The number of carboxylic acids is 1. The van der Waals surface area contributed by atoms with E-state index in [0.717, 1.165) is 0 Å². The van der Waals surface area contributed by atoms with E-state index in [1.165, 1.54) is 18.2 Å². The lowest BCUT2D eigenvalue weighted by Gasteiger charge is -2.05. The predicted molar refractivity (Wildman–Crippen MR) is 51.4 cm³/mol. The Hall–Kier alpha value is -2.13. The van der Waals surface area contributed by atoms with E-state index in [4.69, 9.17) is 10.2 Å². The normalized spacial score (nSPS) is 11.5. The fourth-order valence-corrected chi connectivity index (χ4v) is 1.11. The van der Waals surface area contributed by atoms with Crippen molar-refractivity contribution in [3.63, 3.8) is 0 Å². The molecule has 1 atom stereocenters. The van der Waals surface area contributed by atoms with E-state index in [1.807, 2.05) is 0 Å². The molecule has 5 heteroatoms. The molecule has 0 aliphatic carbocycles. The van der Waals surface area contributed by atoms with Gasteiger partial charge < -0.3 is 10.2 Å². The van der Waals surface area contributed by atoms with Gasteiger partial charge in [-0.2, -0.15) is 4.99 Å². The number of phenols is 1. The first-order valence-corrected chi connectivity index (χ1v) is 4.21. The molecule has 0 amide bonds. The quantitative estimate of drug-likeness (QED) is 0.562. The summed E-state index contributed by atoms with van der Waals surface area (Å²) in [5.74, 6) is -1.07. The van der Waals surface area contributed by atoms with Crippen LogP contribution in [0.25, 0.3) is 0 Å². The number of nitrogens with zero attached hydrogens (tertiary/aromatic N) is 1. The highest BCUT2D eigenvalue weighted by atomic mass is 16.4. The molecule has 0 bridgehead atoms. The Morgan fingerprint density at radius 3 is 2.47 bits per heavy atom. The Kier molecular flexibility index (Phi) is 3.60. The molecule has 0 aliphatic rings. The van der Waals surface area contributed by atoms with Crippen molar-refractivity contribution < 1.29 is 19.8 Å². The predicted octanol–water partition coefficient (Wildman–Crippen LogP) is 0.724. The van der Waals surface area contributed by atoms with Gasteiger partial charge in [0.25, 0.3) is 0 Å². The van der Waals surface area contributed by atoms with Crippen LogP contribution in [0.3, 0.4) is 0 Å². The van der Waals surface area contributed by atoms with Crippen molar-refractivity contribution in [2.75, 3.05) is 0 Å². The zero-order chi connectivity index (χ0) is 11.3. The number of hydrogen-bond donors (Lipinski definition) is 2. The van der Waals surface area contributed by atoms with Crippen LogP contribution in [-0.4, -0.2) is 28.3 Å². The van der Waals surface area contributed by atoms with Crippen molar-refractivity contribution in [3.05, 3.63) is 29.8 Å². The monoisotopic (exact) mass is 207 g/mol. The number of carbonyl (C=O) groups is 1. The molecule has 2 N–H and O–H groups in total. The largest absolute Gasteiger partial charge is 0.508 e. The van der Waals surface area contributed by atoms with Crippen molar-refractivity contribution in [2.45, 2.75) is 12.5 Å². The number of carbonyl (C=O) groups excluding carboxylic acids is 1. The molecule has 78 valence electrons. The average molecular weight is 207 g/mol. The lowest BCUT2D eigenvalue weighted by atomic mass is 10.1. The highest BCUT2D eigenvalue weighted by Gasteiger charge is 2.16. The van der Waals surface area contributed by atoms with Crippen LogP contribution in [-0.2, 0) is 16.0 Å². The number of phenolic OH excluding ortho intramolecular Hbond substituents is 1. The summed E-state index contributed by atoms with van der Waals surface area (Å²) in [5.41, 5.74) is 0.680. The van der Waals surface area contributed by atoms with Gasteiger partial charge >= 0.3 is 5.97 Å². The summed E-state index contributed by atoms with van der Waals surface area (Å²) >= 11 is 0. The summed E-state index contributed by atoms with van der Waals surface area (Å²) in [7, 11) is 0. The number of benzene rings is 1. The molecule has 0 spiro atoms. The maximum absolute atomic E-state index is 10.6. The molecule has 0 radical (unpaired) electrons. The third-order valence-corrected chi connectivity index (χ3v) is 1.86. The van der Waals surface area contributed by atoms with Crippen LogP contribution in [0.5, 0.6) is 5.75 Å². The topological polar surface area (TPSA) is 87.0 Å². The number of carboxylic acid groups (broad SMARTS) is 1. The second-order valence-electron chi connectivity index (χ2n) is 2.94. The SMILES string of the molecule is O=C=N[C@@H](Cc1ccc(O)cc1)C(=O)O. The minimum atomic E-state index is -1.17. The number of hydrogen-bond acceptors (Lipinski definition) is 4. The Bertz CT molecular complexity index is 390. The van der Waals surface area contributed by atoms with Crippen molar-refractivity contribution in [1.82, 2.24) is 0 Å². The lowest BCUT2D eigenvalue weighted by Crippen LogP contribution is -2.20. The maximum atomic E-state index is 10.6. The van der Waals surface area contributed by atoms with Crippen molar-refractivity contribution >= 4 is 12.0 Å². The first-order chi connectivity index (χ1) is 7.13. The minimum absolute atomic E-state index is 0.101. The van der Waals surface area contributed by atoms with E-state index in [2.05, 4.69) is 4.99 Å². The molecule has 1 aromatic carbocycles. The molecule has 5 nitrogen and oxygen atoms in total. The van der Waals surface area contributed by atoms with E-state index < -0.39 is 12.0 Å². The second-order valence-corrected chi connectivity index (χ2v) is 2.94. The van der Waals surface area contributed by atoms with Gasteiger partial charge in [-0.1, -0.05) is 12.1 Å². The van der Waals surface area contributed by atoms with Crippen molar-refractivity contribution in [3.8, 4) is 5.75 Å². The first-order valence-electron chi connectivity index (χ1n) is 4.21. The van der Waals surface area contributed by atoms with Gasteiger partial charge in [0.15, 0.2) is 6.04 Å². The third-order valence-electron chi connectivity index (χ3n) is 1.86. The van der Waals surface area contributed by atoms with Gasteiger partial charge in [0.1, 0.15) is 5.75 Å². The Labute approximate surface area is 85.7 Å². The number of rotatable bonds is 4. The zero-order valence-electron chi connectivity index (χ0n) is 7.75. The van der Waals surface area contributed by atoms with Crippen LogP contribution in [0.1, 0.15) is 5.56 Å². The van der Waals surface area contributed by atoms with Crippen LogP contribution in [0.4, 0.5) is 0 Å². The van der Waals surface area contributed by atoms with Crippen molar-refractivity contribution in [1.29, 1.82) is 0 Å². The molecule has 15 heavy (non-hydrogen) atoms. The van der Waals surface area contributed by atoms with E-state index in [0.29, 0.717) is 5.56 Å².